The highest BCUT2D eigenvalue weighted by Crippen LogP contribution is 2.41. The summed E-state index contributed by atoms with van der Waals surface area (Å²) < 4.78 is 49.4. The summed E-state index contributed by atoms with van der Waals surface area (Å²) in [6.07, 6.45) is 0.361. The maximum Gasteiger partial charge on any atom is 0.271 e. The summed E-state index contributed by atoms with van der Waals surface area (Å²) in [6, 6.07) is 7.90. The highest BCUT2D eigenvalue weighted by molar-refractivity contribution is 7.81. The first-order valence-corrected chi connectivity index (χ1v) is 12.1. The van der Waals surface area contributed by atoms with E-state index in [0.29, 0.717) is 13.3 Å². The molecule has 1 saturated heterocycles. The van der Waals surface area contributed by atoms with Gasteiger partial charge in [-0.25, -0.2) is 18.2 Å². The summed E-state index contributed by atoms with van der Waals surface area (Å²) in [5.74, 6) is -5.26. The SMILES string of the molecule is CCc1nc(OCC(N)=O)c2cc(N3C(=S)N(c4ccc(C#N)c(C(C)(F)F)c4)C(=O)C3(C)C)cc(F)c2n1. The molecule has 39 heavy (non-hydrogen) atoms. The molecule has 13 heteroatoms. The van der Waals surface area contributed by atoms with Crippen LogP contribution in [0.1, 0.15) is 44.6 Å². The number of amides is 2. The van der Waals surface area contributed by atoms with Crippen molar-refractivity contribution < 1.29 is 27.5 Å². The zero-order chi connectivity index (χ0) is 28.9. The van der Waals surface area contributed by atoms with Gasteiger partial charge in [0.25, 0.3) is 17.7 Å². The van der Waals surface area contributed by atoms with E-state index in [0.717, 1.165) is 17.0 Å². The average Bonchev–Trinajstić information content (AvgIpc) is 3.04. The first kappa shape index (κ1) is 27.7. The predicted octanol–water partition coefficient (Wildman–Crippen LogP) is 4.10. The number of carbonyl (C=O) groups excluding carboxylic acids is 2. The molecule has 0 unspecified atom stereocenters. The highest BCUT2D eigenvalue weighted by Gasteiger charge is 2.50. The van der Waals surface area contributed by atoms with Crippen LogP contribution in [0.4, 0.5) is 24.5 Å². The highest BCUT2D eigenvalue weighted by atomic mass is 32.1. The van der Waals surface area contributed by atoms with E-state index in [1.807, 2.05) is 0 Å². The Labute approximate surface area is 227 Å². The van der Waals surface area contributed by atoms with Gasteiger partial charge in [0.1, 0.15) is 16.9 Å². The van der Waals surface area contributed by atoms with Crippen LogP contribution in [0.2, 0.25) is 0 Å². The summed E-state index contributed by atoms with van der Waals surface area (Å²) in [5, 5.41) is 9.28. The molecule has 202 valence electrons. The van der Waals surface area contributed by atoms with Crippen molar-refractivity contribution in [1.82, 2.24) is 9.97 Å². The maximum atomic E-state index is 15.4. The van der Waals surface area contributed by atoms with Crippen molar-refractivity contribution >= 4 is 51.4 Å². The minimum Gasteiger partial charge on any atom is -0.467 e. The molecule has 2 amide bonds. The van der Waals surface area contributed by atoms with Crippen molar-refractivity contribution in [2.75, 3.05) is 16.4 Å². The summed E-state index contributed by atoms with van der Waals surface area (Å²) in [5.41, 5.74) is 3.10. The number of carbonyl (C=O) groups is 2. The van der Waals surface area contributed by atoms with E-state index in [9.17, 15) is 23.6 Å². The van der Waals surface area contributed by atoms with E-state index < -0.39 is 41.3 Å². The number of aryl methyl sites for hydroxylation is 1. The quantitative estimate of drug-likeness (QED) is 0.432. The number of halogens is 3. The second kappa shape index (κ2) is 9.77. The van der Waals surface area contributed by atoms with Gasteiger partial charge >= 0.3 is 0 Å². The van der Waals surface area contributed by atoms with Crippen molar-refractivity contribution in [3.63, 3.8) is 0 Å². The third-order valence-electron chi connectivity index (χ3n) is 6.20. The molecule has 1 aromatic heterocycles. The molecule has 4 rings (SSSR count). The molecule has 1 fully saturated rings. The molecule has 0 bridgehead atoms. The fourth-order valence-electron chi connectivity index (χ4n) is 4.32. The van der Waals surface area contributed by atoms with Gasteiger partial charge in [0, 0.05) is 24.6 Å². The number of ether oxygens (including phenoxy) is 1. The number of thiocarbonyl (C=S) groups is 1. The third-order valence-corrected chi connectivity index (χ3v) is 6.56. The van der Waals surface area contributed by atoms with Crippen molar-refractivity contribution in [1.29, 1.82) is 5.26 Å². The zero-order valence-corrected chi connectivity index (χ0v) is 22.2. The molecule has 0 aliphatic carbocycles. The number of primary amides is 1. The van der Waals surface area contributed by atoms with E-state index in [4.69, 9.17) is 22.7 Å². The molecule has 1 aliphatic rings. The standard InChI is InChI=1S/C26H23F3N6O3S/c1-5-20-32-21-16(22(33-20)38-12-19(31)36)8-15(10-18(21)27)35-24(39)34(23(37)25(35,2)3)14-7-6-13(11-30)17(9-14)26(4,28)29/h6-10H,5,12H2,1-4H3,(H2,31,36). The molecule has 0 radical (unpaired) electrons. The van der Waals surface area contributed by atoms with Crippen LogP contribution in [0.3, 0.4) is 0 Å². The molecule has 0 spiro atoms. The number of nitrogens with two attached hydrogens (primary N) is 1. The number of aromatic nitrogens is 2. The van der Waals surface area contributed by atoms with E-state index >= 15 is 4.39 Å². The molecule has 0 saturated carbocycles. The smallest absolute Gasteiger partial charge is 0.271 e. The monoisotopic (exact) mass is 556 g/mol. The molecular weight excluding hydrogens is 533 g/mol. The van der Waals surface area contributed by atoms with Crippen LogP contribution in [-0.4, -0.2) is 39.0 Å². The molecule has 0 atom stereocenters. The van der Waals surface area contributed by atoms with Crippen LogP contribution in [0, 0.1) is 17.1 Å². The normalized spacial score (nSPS) is 15.1. The van der Waals surface area contributed by atoms with Crippen LogP contribution >= 0.6 is 12.2 Å². The molecular formula is C26H23F3N6O3S. The van der Waals surface area contributed by atoms with Crippen molar-refractivity contribution in [3.8, 4) is 11.9 Å². The molecule has 1 aliphatic heterocycles. The van der Waals surface area contributed by atoms with Gasteiger partial charge in [-0.15, -0.1) is 0 Å². The van der Waals surface area contributed by atoms with Crippen molar-refractivity contribution in [2.45, 2.75) is 45.6 Å². The second-order valence-electron chi connectivity index (χ2n) is 9.42. The molecule has 2 N–H and O–H groups in total. The van der Waals surface area contributed by atoms with E-state index in [2.05, 4.69) is 9.97 Å². The average molecular weight is 557 g/mol. The first-order chi connectivity index (χ1) is 18.2. The lowest BCUT2D eigenvalue weighted by atomic mass is 10.0. The van der Waals surface area contributed by atoms with Crippen LogP contribution in [0.5, 0.6) is 5.88 Å². The second-order valence-corrected chi connectivity index (χ2v) is 9.79. The molecule has 3 aromatic rings. The number of benzene rings is 2. The van der Waals surface area contributed by atoms with Crippen molar-refractivity contribution in [3.05, 3.63) is 53.1 Å². The van der Waals surface area contributed by atoms with Crippen LogP contribution < -0.4 is 20.3 Å². The topological polar surface area (TPSA) is 125 Å². The Morgan fingerprint density at radius 2 is 1.92 bits per heavy atom. The van der Waals surface area contributed by atoms with Crippen LogP contribution in [0.15, 0.2) is 30.3 Å². The molecule has 2 aromatic carbocycles. The predicted molar refractivity (Wildman–Crippen MR) is 141 cm³/mol. The van der Waals surface area contributed by atoms with Gasteiger partial charge in [0.15, 0.2) is 17.5 Å². The Morgan fingerprint density at radius 3 is 2.51 bits per heavy atom. The van der Waals surface area contributed by atoms with Crippen molar-refractivity contribution in [2.24, 2.45) is 5.73 Å². The lowest BCUT2D eigenvalue weighted by molar-refractivity contribution is -0.121. The van der Waals surface area contributed by atoms with E-state index in [1.165, 1.54) is 23.1 Å². The largest absolute Gasteiger partial charge is 0.467 e. The first-order valence-electron chi connectivity index (χ1n) is 11.7. The number of hydrogen-bond donors (Lipinski definition) is 1. The summed E-state index contributed by atoms with van der Waals surface area (Å²) in [7, 11) is 0. The van der Waals surface area contributed by atoms with Gasteiger partial charge < -0.3 is 15.4 Å². The number of fused-ring (bicyclic) bond motifs is 1. The Bertz CT molecular complexity index is 1580. The number of nitriles is 1. The fraction of sp³-hybridized carbons (Fsp3) is 0.308. The van der Waals surface area contributed by atoms with E-state index in [-0.39, 0.29) is 44.7 Å². The number of hydrogen-bond acceptors (Lipinski definition) is 7. The zero-order valence-electron chi connectivity index (χ0n) is 21.4. The Kier molecular flexibility index (Phi) is 6.95. The molecule has 9 nitrogen and oxygen atoms in total. The van der Waals surface area contributed by atoms with Gasteiger partial charge in [0.05, 0.1) is 22.7 Å². The van der Waals surface area contributed by atoms with Gasteiger partial charge in [-0.3, -0.25) is 14.5 Å². The minimum absolute atomic E-state index is 0.0266. The Hall–Kier alpha value is -4.31. The van der Waals surface area contributed by atoms with Crippen LogP contribution in [0.25, 0.3) is 10.9 Å². The summed E-state index contributed by atoms with van der Waals surface area (Å²) >= 11 is 5.61. The summed E-state index contributed by atoms with van der Waals surface area (Å²) in [4.78, 5) is 35.8. The number of rotatable bonds is 7. The summed E-state index contributed by atoms with van der Waals surface area (Å²) in [6.45, 7) is 4.99. The Morgan fingerprint density at radius 1 is 1.23 bits per heavy atom. The number of anilines is 2. The Balaban J connectivity index is 1.86. The fourth-order valence-corrected chi connectivity index (χ4v) is 4.84. The number of nitrogens with zero attached hydrogens (tertiary/aromatic N) is 5. The lowest BCUT2D eigenvalue weighted by Crippen LogP contribution is -2.44. The van der Waals surface area contributed by atoms with E-state index in [1.54, 1.807) is 26.8 Å². The van der Waals surface area contributed by atoms with Gasteiger partial charge in [-0.05, 0) is 56.4 Å². The van der Waals surface area contributed by atoms with Gasteiger partial charge in [0.2, 0.25) is 5.88 Å². The van der Waals surface area contributed by atoms with Gasteiger partial charge in [-0.1, -0.05) is 6.92 Å². The minimum atomic E-state index is -3.36. The lowest BCUT2D eigenvalue weighted by Gasteiger charge is -2.29. The number of alkyl halides is 2. The maximum absolute atomic E-state index is 15.4. The third kappa shape index (κ3) is 4.83. The molecule has 2 heterocycles. The van der Waals surface area contributed by atoms with Crippen LogP contribution in [-0.2, 0) is 21.9 Å². The van der Waals surface area contributed by atoms with Gasteiger partial charge in [-0.2, -0.15) is 10.2 Å².